The van der Waals surface area contributed by atoms with Crippen LogP contribution in [0.25, 0.3) is 0 Å². The van der Waals surface area contributed by atoms with E-state index in [0.717, 1.165) is 18.9 Å². The van der Waals surface area contributed by atoms with Crippen molar-refractivity contribution in [1.29, 1.82) is 0 Å². The third kappa shape index (κ3) is 3.86. The highest BCUT2D eigenvalue weighted by atomic mass is 32.2. The third-order valence-corrected chi connectivity index (χ3v) is 5.04. The number of nitrogens with one attached hydrogen (secondary N) is 1. The molecule has 1 aromatic heterocycles. The zero-order chi connectivity index (χ0) is 13.8. The van der Waals surface area contributed by atoms with E-state index in [1.54, 1.807) is 0 Å². The second kappa shape index (κ2) is 6.62. The van der Waals surface area contributed by atoms with Gasteiger partial charge < -0.3 is 10.2 Å². The highest BCUT2D eigenvalue weighted by Crippen LogP contribution is 2.28. The van der Waals surface area contributed by atoms with Crippen LogP contribution in [0.3, 0.4) is 0 Å². The van der Waals surface area contributed by atoms with Crippen molar-refractivity contribution in [2.45, 2.75) is 51.6 Å². The van der Waals surface area contributed by atoms with E-state index in [2.05, 4.69) is 66.8 Å². The summed E-state index contributed by atoms with van der Waals surface area (Å²) in [6.45, 7) is 11.0. The Morgan fingerprint density at radius 3 is 3.00 bits per heavy atom. The lowest BCUT2D eigenvalue weighted by Crippen LogP contribution is -2.45. The zero-order valence-electron chi connectivity index (χ0n) is 12.4. The van der Waals surface area contributed by atoms with Gasteiger partial charge in [0.05, 0.1) is 0 Å². The average Bonchev–Trinajstić information content (AvgIpc) is 2.40. The second-order valence-corrected chi connectivity index (χ2v) is 7.05. The molecule has 0 amide bonds. The van der Waals surface area contributed by atoms with E-state index >= 15 is 0 Å². The molecular formula is C15H25N3S. The van der Waals surface area contributed by atoms with Crippen LogP contribution in [0.1, 0.15) is 33.3 Å². The highest BCUT2D eigenvalue weighted by molar-refractivity contribution is 8.00. The number of aromatic nitrogens is 1. The number of anilines is 1. The summed E-state index contributed by atoms with van der Waals surface area (Å²) in [6.07, 6.45) is 1.94. The smallest absolute Gasteiger partial charge is 0.129 e. The van der Waals surface area contributed by atoms with Crippen LogP contribution in [0.15, 0.2) is 18.3 Å². The first-order valence-corrected chi connectivity index (χ1v) is 8.19. The van der Waals surface area contributed by atoms with E-state index in [0.29, 0.717) is 17.3 Å². The van der Waals surface area contributed by atoms with Crippen LogP contribution in [0.4, 0.5) is 5.82 Å². The van der Waals surface area contributed by atoms with E-state index in [4.69, 9.17) is 0 Å². The summed E-state index contributed by atoms with van der Waals surface area (Å²) in [6, 6.07) is 5.40. The molecule has 3 nitrogen and oxygen atoms in total. The van der Waals surface area contributed by atoms with Gasteiger partial charge in [0.25, 0.3) is 0 Å². The monoisotopic (exact) mass is 279 g/mol. The van der Waals surface area contributed by atoms with Crippen LogP contribution < -0.4 is 10.2 Å². The Kier molecular flexibility index (Phi) is 5.11. The Labute approximate surface area is 121 Å². The van der Waals surface area contributed by atoms with Gasteiger partial charge in [0.15, 0.2) is 0 Å². The molecule has 0 spiro atoms. The van der Waals surface area contributed by atoms with E-state index < -0.39 is 0 Å². The molecule has 2 heterocycles. The fraction of sp³-hybridized carbons (Fsp3) is 0.667. The largest absolute Gasteiger partial charge is 0.352 e. The molecule has 1 fully saturated rings. The number of thioether (sulfide) groups is 1. The molecule has 0 bridgehead atoms. The number of rotatable bonds is 4. The second-order valence-electron chi connectivity index (χ2n) is 5.57. The summed E-state index contributed by atoms with van der Waals surface area (Å²) in [4.78, 5) is 7.01. The van der Waals surface area contributed by atoms with Crippen LogP contribution in [0.5, 0.6) is 0 Å². The zero-order valence-corrected chi connectivity index (χ0v) is 13.2. The first kappa shape index (κ1) is 14.7. The van der Waals surface area contributed by atoms with Gasteiger partial charge in [-0.3, -0.25) is 0 Å². The quantitative estimate of drug-likeness (QED) is 0.917. The van der Waals surface area contributed by atoms with Crippen LogP contribution in [-0.4, -0.2) is 34.6 Å². The maximum absolute atomic E-state index is 4.56. The molecule has 1 aromatic rings. The van der Waals surface area contributed by atoms with Gasteiger partial charge in [0.1, 0.15) is 5.82 Å². The standard InChI is InChI=1S/C15H25N3S/c1-11(2)17-10-14-5-6-16-15(9-14)18-7-8-19-13(4)12(18)3/h5-6,9,11-13,17H,7-8,10H2,1-4H3. The van der Waals surface area contributed by atoms with Crippen molar-refractivity contribution in [2.75, 3.05) is 17.2 Å². The highest BCUT2D eigenvalue weighted by Gasteiger charge is 2.26. The van der Waals surface area contributed by atoms with Crippen molar-refractivity contribution in [2.24, 2.45) is 0 Å². The van der Waals surface area contributed by atoms with Gasteiger partial charge in [-0.2, -0.15) is 11.8 Å². The molecule has 1 aliphatic rings. The molecule has 0 aliphatic carbocycles. The van der Waals surface area contributed by atoms with Crippen molar-refractivity contribution in [3.8, 4) is 0 Å². The van der Waals surface area contributed by atoms with Gasteiger partial charge in [-0.25, -0.2) is 4.98 Å². The number of nitrogens with zero attached hydrogens (tertiary/aromatic N) is 2. The summed E-state index contributed by atoms with van der Waals surface area (Å²) in [7, 11) is 0. The van der Waals surface area contributed by atoms with Gasteiger partial charge in [0, 0.05) is 42.4 Å². The van der Waals surface area contributed by atoms with Gasteiger partial charge >= 0.3 is 0 Å². The third-order valence-electron chi connectivity index (χ3n) is 3.70. The van der Waals surface area contributed by atoms with Crippen molar-refractivity contribution in [3.05, 3.63) is 23.9 Å². The number of pyridine rings is 1. The Balaban J connectivity index is 2.09. The molecule has 19 heavy (non-hydrogen) atoms. The Morgan fingerprint density at radius 2 is 2.26 bits per heavy atom. The molecule has 4 heteroatoms. The molecule has 1 aliphatic heterocycles. The lowest BCUT2D eigenvalue weighted by atomic mass is 10.2. The molecule has 1 N–H and O–H groups in total. The van der Waals surface area contributed by atoms with Crippen molar-refractivity contribution in [1.82, 2.24) is 10.3 Å². The van der Waals surface area contributed by atoms with E-state index in [1.165, 1.54) is 11.3 Å². The van der Waals surface area contributed by atoms with Gasteiger partial charge in [-0.15, -0.1) is 0 Å². The Hall–Kier alpha value is -0.740. The van der Waals surface area contributed by atoms with Gasteiger partial charge in [0.2, 0.25) is 0 Å². The topological polar surface area (TPSA) is 28.2 Å². The first-order valence-electron chi connectivity index (χ1n) is 7.14. The maximum atomic E-state index is 4.56. The average molecular weight is 279 g/mol. The summed E-state index contributed by atoms with van der Waals surface area (Å²) in [5.74, 6) is 2.32. The Bertz CT molecular complexity index is 408. The fourth-order valence-electron chi connectivity index (χ4n) is 2.31. The molecule has 2 rings (SSSR count). The molecular weight excluding hydrogens is 254 g/mol. The maximum Gasteiger partial charge on any atom is 0.129 e. The predicted octanol–water partition coefficient (Wildman–Crippen LogP) is 2.91. The molecule has 0 radical (unpaired) electrons. The molecule has 2 unspecified atom stereocenters. The number of hydrogen-bond donors (Lipinski definition) is 1. The van der Waals surface area contributed by atoms with E-state index in [9.17, 15) is 0 Å². The minimum atomic E-state index is 0.516. The lowest BCUT2D eigenvalue weighted by molar-refractivity contribution is 0.586. The first-order chi connectivity index (χ1) is 9.08. The minimum Gasteiger partial charge on any atom is -0.352 e. The molecule has 2 atom stereocenters. The van der Waals surface area contributed by atoms with Crippen molar-refractivity contribution >= 4 is 17.6 Å². The number of hydrogen-bond acceptors (Lipinski definition) is 4. The minimum absolute atomic E-state index is 0.516. The van der Waals surface area contributed by atoms with Crippen LogP contribution >= 0.6 is 11.8 Å². The van der Waals surface area contributed by atoms with Crippen LogP contribution in [0.2, 0.25) is 0 Å². The molecule has 1 saturated heterocycles. The fourth-order valence-corrected chi connectivity index (χ4v) is 3.41. The summed E-state index contributed by atoms with van der Waals surface area (Å²) >= 11 is 2.06. The summed E-state index contributed by atoms with van der Waals surface area (Å²) in [5.41, 5.74) is 1.32. The van der Waals surface area contributed by atoms with Gasteiger partial charge in [-0.1, -0.05) is 20.8 Å². The lowest BCUT2D eigenvalue weighted by Gasteiger charge is -2.38. The SMILES string of the molecule is CC(C)NCc1ccnc(N2CCSC(C)C2C)c1. The van der Waals surface area contributed by atoms with Crippen molar-refractivity contribution in [3.63, 3.8) is 0 Å². The van der Waals surface area contributed by atoms with Gasteiger partial charge in [-0.05, 0) is 24.6 Å². The summed E-state index contributed by atoms with van der Waals surface area (Å²) in [5, 5.41) is 4.14. The van der Waals surface area contributed by atoms with Crippen LogP contribution in [-0.2, 0) is 6.54 Å². The van der Waals surface area contributed by atoms with E-state index in [-0.39, 0.29) is 0 Å². The van der Waals surface area contributed by atoms with Crippen LogP contribution in [0, 0.1) is 0 Å². The normalized spacial score (nSPS) is 23.9. The predicted molar refractivity (Wildman–Crippen MR) is 84.9 cm³/mol. The van der Waals surface area contributed by atoms with Crippen molar-refractivity contribution < 1.29 is 0 Å². The molecule has 106 valence electrons. The summed E-state index contributed by atoms with van der Waals surface area (Å²) < 4.78 is 0. The van der Waals surface area contributed by atoms with E-state index in [1.807, 2.05) is 6.20 Å². The Morgan fingerprint density at radius 1 is 1.47 bits per heavy atom. The molecule has 0 saturated carbocycles. The molecule has 0 aromatic carbocycles.